The Morgan fingerprint density at radius 1 is 1.11 bits per heavy atom. The number of halogens is 3. The summed E-state index contributed by atoms with van der Waals surface area (Å²) in [6, 6.07) is 5.54. The number of amides is 4. The molecule has 38 heavy (non-hydrogen) atoms. The van der Waals surface area contributed by atoms with Crippen molar-refractivity contribution in [3.8, 4) is 5.75 Å². The Morgan fingerprint density at radius 3 is 2.39 bits per heavy atom. The van der Waals surface area contributed by atoms with Crippen LogP contribution < -0.4 is 15.0 Å². The predicted octanol–water partition coefficient (Wildman–Crippen LogP) is 4.54. The quantitative estimate of drug-likeness (QED) is 0.525. The summed E-state index contributed by atoms with van der Waals surface area (Å²) in [4.78, 5) is 47.9. The molecular formula is C26H30F3N5O4. The maximum Gasteiger partial charge on any atom is 0.573 e. The Labute approximate surface area is 218 Å². The second-order valence-corrected chi connectivity index (χ2v) is 9.91. The average molecular weight is 534 g/mol. The van der Waals surface area contributed by atoms with Crippen LogP contribution in [0.25, 0.3) is 0 Å². The molecule has 1 aromatic heterocycles. The van der Waals surface area contributed by atoms with Crippen molar-refractivity contribution < 1.29 is 32.3 Å². The van der Waals surface area contributed by atoms with Gasteiger partial charge in [0.15, 0.2) is 5.75 Å². The van der Waals surface area contributed by atoms with Crippen LogP contribution >= 0.6 is 0 Å². The highest BCUT2D eigenvalue weighted by Gasteiger charge is 2.52. The molecule has 12 heteroatoms. The summed E-state index contributed by atoms with van der Waals surface area (Å²) in [5, 5.41) is 2.52. The fourth-order valence-corrected chi connectivity index (χ4v) is 4.68. The van der Waals surface area contributed by atoms with Gasteiger partial charge < -0.3 is 15.0 Å². The van der Waals surface area contributed by atoms with E-state index in [0.717, 1.165) is 41.9 Å². The number of nitrogens with one attached hydrogen (secondary N) is 1. The lowest BCUT2D eigenvalue weighted by molar-refractivity contribution is -0.274. The Bertz CT molecular complexity index is 1200. The third kappa shape index (κ3) is 5.74. The lowest BCUT2D eigenvalue weighted by Gasteiger charge is -2.31. The second kappa shape index (κ2) is 10.6. The third-order valence-corrected chi connectivity index (χ3v) is 6.94. The number of imide groups is 1. The smallest absolute Gasteiger partial charge is 0.404 e. The summed E-state index contributed by atoms with van der Waals surface area (Å²) < 4.78 is 43.5. The number of urea groups is 1. The molecule has 9 nitrogen and oxygen atoms in total. The van der Waals surface area contributed by atoms with E-state index < -0.39 is 41.5 Å². The summed E-state index contributed by atoms with van der Waals surface area (Å²) in [7, 11) is 0. The highest BCUT2D eigenvalue weighted by molar-refractivity contribution is 6.23. The molecule has 2 aliphatic heterocycles. The van der Waals surface area contributed by atoms with Crippen molar-refractivity contribution in [1.29, 1.82) is 0 Å². The molecule has 1 aromatic carbocycles. The number of nitrogens with zero attached hydrogens (tertiary/aromatic N) is 4. The highest BCUT2D eigenvalue weighted by Crippen LogP contribution is 2.38. The normalized spacial score (nSPS) is 19.0. The highest BCUT2D eigenvalue weighted by atomic mass is 19.4. The van der Waals surface area contributed by atoms with Crippen LogP contribution in [-0.2, 0) is 16.1 Å². The molecule has 0 saturated carbocycles. The van der Waals surface area contributed by atoms with Crippen LogP contribution in [0.3, 0.4) is 0 Å². The molecular weight excluding hydrogens is 503 g/mol. The molecule has 0 radical (unpaired) electrons. The zero-order chi connectivity index (χ0) is 27.7. The van der Waals surface area contributed by atoms with Crippen molar-refractivity contribution in [2.24, 2.45) is 0 Å². The first kappa shape index (κ1) is 27.4. The van der Waals surface area contributed by atoms with Gasteiger partial charge in [-0.15, -0.1) is 13.2 Å². The van der Waals surface area contributed by atoms with Gasteiger partial charge in [-0.3, -0.25) is 19.5 Å². The minimum Gasteiger partial charge on any atom is -0.404 e. The van der Waals surface area contributed by atoms with Gasteiger partial charge in [-0.05, 0) is 82.6 Å². The molecule has 1 atom stereocenters. The summed E-state index contributed by atoms with van der Waals surface area (Å²) in [6.45, 7) is 6.42. The zero-order valence-electron chi connectivity index (χ0n) is 21.4. The van der Waals surface area contributed by atoms with Crippen molar-refractivity contribution in [2.75, 3.05) is 23.3 Å². The van der Waals surface area contributed by atoms with E-state index in [4.69, 9.17) is 0 Å². The third-order valence-electron chi connectivity index (χ3n) is 6.94. The van der Waals surface area contributed by atoms with E-state index in [-0.39, 0.29) is 17.9 Å². The Kier molecular flexibility index (Phi) is 7.63. The number of aromatic nitrogens is 1. The Balaban J connectivity index is 1.64. The van der Waals surface area contributed by atoms with E-state index in [2.05, 4.69) is 15.0 Å². The number of pyridine rings is 1. The van der Waals surface area contributed by atoms with E-state index in [1.54, 1.807) is 45.3 Å². The van der Waals surface area contributed by atoms with Crippen molar-refractivity contribution in [3.63, 3.8) is 0 Å². The van der Waals surface area contributed by atoms with Gasteiger partial charge in [0, 0.05) is 18.9 Å². The maximum absolute atomic E-state index is 13.4. The molecule has 204 valence electrons. The van der Waals surface area contributed by atoms with E-state index in [9.17, 15) is 27.6 Å². The van der Waals surface area contributed by atoms with Crippen LogP contribution in [0.2, 0.25) is 0 Å². The van der Waals surface area contributed by atoms with Gasteiger partial charge in [-0.25, -0.2) is 9.69 Å². The average Bonchev–Trinajstić information content (AvgIpc) is 3.04. The molecule has 1 unspecified atom stereocenters. The maximum atomic E-state index is 13.4. The number of carbonyl (C=O) groups is 3. The molecule has 2 saturated heterocycles. The number of alkyl halides is 3. The zero-order valence-corrected chi connectivity index (χ0v) is 21.4. The number of anilines is 2. The van der Waals surface area contributed by atoms with E-state index >= 15 is 0 Å². The molecule has 4 amide bonds. The second-order valence-electron chi connectivity index (χ2n) is 9.91. The van der Waals surface area contributed by atoms with Gasteiger partial charge in [-0.2, -0.15) is 0 Å². The van der Waals surface area contributed by atoms with Crippen LogP contribution in [0.1, 0.15) is 45.6 Å². The number of rotatable bonds is 7. The SMILES string of the molecule is CC(C(=O)Nc1cc(N2C(=O)N(Cc3ccncc3)C(C)(C)C2=O)ccc1OC(F)(F)F)N1CCCCC1. The fourth-order valence-electron chi connectivity index (χ4n) is 4.68. The first-order chi connectivity index (χ1) is 17.9. The molecule has 0 aliphatic carbocycles. The van der Waals surface area contributed by atoms with Crippen molar-refractivity contribution in [1.82, 2.24) is 14.8 Å². The molecule has 3 heterocycles. The van der Waals surface area contributed by atoms with E-state index in [1.165, 1.54) is 11.0 Å². The van der Waals surface area contributed by atoms with Gasteiger partial charge in [-0.1, -0.05) is 6.42 Å². The largest absolute Gasteiger partial charge is 0.573 e. The summed E-state index contributed by atoms with van der Waals surface area (Å²) >= 11 is 0. The first-order valence-electron chi connectivity index (χ1n) is 12.4. The topological polar surface area (TPSA) is 95.1 Å². The Hall–Kier alpha value is -3.67. The van der Waals surface area contributed by atoms with Crippen LogP contribution in [0.15, 0.2) is 42.7 Å². The van der Waals surface area contributed by atoms with E-state index in [1.807, 2.05) is 4.90 Å². The van der Waals surface area contributed by atoms with Crippen LogP contribution in [0.5, 0.6) is 5.75 Å². The summed E-state index contributed by atoms with van der Waals surface area (Å²) in [5.41, 5.74) is -0.752. The van der Waals surface area contributed by atoms with Crippen molar-refractivity contribution in [2.45, 2.75) is 64.5 Å². The monoisotopic (exact) mass is 533 g/mol. The van der Waals surface area contributed by atoms with Crippen LogP contribution in [0.4, 0.5) is 29.3 Å². The van der Waals surface area contributed by atoms with Crippen LogP contribution in [0, 0.1) is 0 Å². The molecule has 2 aliphatic rings. The minimum absolute atomic E-state index is 0.0146. The van der Waals surface area contributed by atoms with Gasteiger partial charge in [0.25, 0.3) is 5.91 Å². The van der Waals surface area contributed by atoms with Gasteiger partial charge in [0.1, 0.15) is 5.54 Å². The van der Waals surface area contributed by atoms with Gasteiger partial charge in [0.05, 0.1) is 17.4 Å². The standard InChI is InChI=1S/C26H30F3N5O4/c1-17(32-13-5-4-6-14-32)22(35)31-20-15-19(7-8-21(20)38-26(27,28)29)34-23(36)25(2,3)33(24(34)37)16-18-9-11-30-12-10-18/h7-12,15,17H,4-6,13-14,16H2,1-3H3,(H,31,35). The van der Waals surface area contributed by atoms with Gasteiger partial charge >= 0.3 is 12.4 Å². The van der Waals surface area contributed by atoms with Gasteiger partial charge in [0.2, 0.25) is 5.91 Å². The number of likely N-dealkylation sites (tertiary alicyclic amines) is 1. The molecule has 2 aromatic rings. The van der Waals surface area contributed by atoms with Crippen molar-refractivity contribution in [3.05, 3.63) is 48.3 Å². The molecule has 1 N–H and O–H groups in total. The summed E-state index contributed by atoms with van der Waals surface area (Å²) in [5.74, 6) is -1.72. The molecule has 0 spiro atoms. The molecule has 0 bridgehead atoms. The number of carbonyl (C=O) groups excluding carboxylic acids is 3. The van der Waals surface area contributed by atoms with Crippen molar-refractivity contribution >= 4 is 29.2 Å². The number of piperidine rings is 1. The number of hydrogen-bond donors (Lipinski definition) is 1. The number of benzene rings is 1. The lowest BCUT2D eigenvalue weighted by atomic mass is 10.0. The fraction of sp³-hybridized carbons (Fsp3) is 0.462. The summed E-state index contributed by atoms with van der Waals surface area (Å²) in [6.07, 6.45) is 1.05. The number of hydrogen-bond acceptors (Lipinski definition) is 6. The lowest BCUT2D eigenvalue weighted by Crippen LogP contribution is -2.44. The minimum atomic E-state index is -5.01. The Morgan fingerprint density at radius 2 is 1.76 bits per heavy atom. The molecule has 4 rings (SSSR count). The van der Waals surface area contributed by atoms with E-state index in [0.29, 0.717) is 13.1 Å². The number of ether oxygens (including phenoxy) is 1. The first-order valence-corrected chi connectivity index (χ1v) is 12.4. The molecule has 2 fully saturated rings. The van der Waals surface area contributed by atoms with Crippen LogP contribution in [-0.4, -0.2) is 63.7 Å². The predicted molar refractivity (Wildman–Crippen MR) is 133 cm³/mol.